The minimum absolute atomic E-state index is 0.0791. The van der Waals surface area contributed by atoms with E-state index in [1.807, 2.05) is 11.9 Å². The maximum Gasteiger partial charge on any atom is 0.258 e. The molecule has 1 saturated heterocycles. The predicted octanol–water partition coefficient (Wildman–Crippen LogP) is 3.76. The molecule has 1 amide bonds. The standard InChI is InChI=1S/C18H17Cl2N5O/c1-24-9-22-15-16(24)13(18(26)25-6-2-3-7-25)14(23-17(15)21)11-5-4-10(19)8-12(11)20/h4-5,8-9H,2-3,6-7H2,1H3,(H2,21,23). The van der Waals surface area contributed by atoms with Crippen LogP contribution in [0.3, 0.4) is 0 Å². The zero-order valence-electron chi connectivity index (χ0n) is 14.2. The average molecular weight is 390 g/mol. The Balaban J connectivity index is 2.03. The molecule has 1 fully saturated rings. The molecular formula is C18H17Cl2N5O. The van der Waals surface area contributed by atoms with E-state index in [0.717, 1.165) is 25.9 Å². The quantitative estimate of drug-likeness (QED) is 0.723. The Kier molecular flexibility index (Phi) is 4.25. The predicted molar refractivity (Wildman–Crippen MR) is 104 cm³/mol. The molecule has 4 rings (SSSR count). The van der Waals surface area contributed by atoms with Crippen molar-refractivity contribution in [2.45, 2.75) is 12.8 Å². The van der Waals surface area contributed by atoms with E-state index < -0.39 is 0 Å². The first-order chi connectivity index (χ1) is 12.5. The highest BCUT2D eigenvalue weighted by Gasteiger charge is 2.29. The number of nitrogen functional groups attached to an aromatic ring is 1. The third-order valence-electron chi connectivity index (χ3n) is 4.68. The van der Waals surface area contributed by atoms with Gasteiger partial charge in [0.2, 0.25) is 0 Å². The number of halogens is 2. The van der Waals surface area contributed by atoms with E-state index in [4.69, 9.17) is 28.9 Å². The summed E-state index contributed by atoms with van der Waals surface area (Å²) in [4.78, 5) is 24.0. The third kappa shape index (κ3) is 2.70. The average Bonchev–Trinajstić information content (AvgIpc) is 3.25. The summed E-state index contributed by atoms with van der Waals surface area (Å²) in [6, 6.07) is 5.11. The van der Waals surface area contributed by atoms with E-state index in [9.17, 15) is 4.79 Å². The van der Waals surface area contributed by atoms with Crippen LogP contribution in [0.4, 0.5) is 5.82 Å². The van der Waals surface area contributed by atoms with Crippen LogP contribution < -0.4 is 5.73 Å². The molecule has 26 heavy (non-hydrogen) atoms. The first kappa shape index (κ1) is 17.1. The van der Waals surface area contributed by atoms with E-state index in [-0.39, 0.29) is 11.7 Å². The molecule has 0 spiro atoms. The number of anilines is 1. The minimum atomic E-state index is -0.0791. The molecule has 0 bridgehead atoms. The summed E-state index contributed by atoms with van der Waals surface area (Å²) in [5, 5.41) is 0.933. The summed E-state index contributed by atoms with van der Waals surface area (Å²) in [7, 11) is 1.84. The van der Waals surface area contributed by atoms with E-state index in [1.54, 1.807) is 29.1 Å². The maximum absolute atomic E-state index is 13.3. The molecule has 3 heterocycles. The number of rotatable bonds is 2. The van der Waals surface area contributed by atoms with Crippen LogP contribution in [0.1, 0.15) is 23.2 Å². The molecule has 6 nitrogen and oxygen atoms in total. The topological polar surface area (TPSA) is 77.0 Å². The molecule has 0 unspecified atom stereocenters. The number of carbonyl (C=O) groups excluding carboxylic acids is 1. The Labute approximate surface area is 160 Å². The number of hydrogen-bond donors (Lipinski definition) is 1. The zero-order chi connectivity index (χ0) is 18.4. The highest BCUT2D eigenvalue weighted by atomic mass is 35.5. The summed E-state index contributed by atoms with van der Waals surface area (Å²) < 4.78 is 1.80. The molecule has 134 valence electrons. The van der Waals surface area contributed by atoms with E-state index in [2.05, 4.69) is 9.97 Å². The summed E-state index contributed by atoms with van der Waals surface area (Å²) in [6.07, 6.45) is 3.64. The maximum atomic E-state index is 13.3. The van der Waals surface area contributed by atoms with Crippen LogP contribution in [0, 0.1) is 0 Å². The number of benzene rings is 1. The number of hydrogen-bond acceptors (Lipinski definition) is 4. The Morgan fingerprint density at radius 1 is 1.23 bits per heavy atom. The van der Waals surface area contributed by atoms with Crippen molar-refractivity contribution in [1.82, 2.24) is 19.4 Å². The second kappa shape index (κ2) is 6.45. The Hall–Kier alpha value is -2.31. The summed E-state index contributed by atoms with van der Waals surface area (Å²) >= 11 is 12.4. The van der Waals surface area contributed by atoms with Gasteiger partial charge in [0.15, 0.2) is 5.82 Å². The van der Waals surface area contributed by atoms with Gasteiger partial charge in [0.1, 0.15) is 5.52 Å². The number of nitrogens with zero attached hydrogens (tertiary/aromatic N) is 4. The van der Waals surface area contributed by atoms with Gasteiger partial charge in [0, 0.05) is 30.7 Å². The van der Waals surface area contributed by atoms with Gasteiger partial charge >= 0.3 is 0 Å². The molecule has 0 aliphatic carbocycles. The van der Waals surface area contributed by atoms with Gasteiger partial charge in [-0.2, -0.15) is 0 Å². The lowest BCUT2D eigenvalue weighted by Gasteiger charge is -2.19. The molecule has 8 heteroatoms. The number of amides is 1. The Morgan fingerprint density at radius 3 is 2.65 bits per heavy atom. The fraction of sp³-hybridized carbons (Fsp3) is 0.278. The van der Waals surface area contributed by atoms with Gasteiger partial charge in [-0.15, -0.1) is 0 Å². The number of aryl methyl sites for hydroxylation is 1. The van der Waals surface area contributed by atoms with Gasteiger partial charge < -0.3 is 15.2 Å². The monoisotopic (exact) mass is 389 g/mol. The number of aromatic nitrogens is 3. The van der Waals surface area contributed by atoms with Crippen molar-refractivity contribution >= 4 is 46.0 Å². The number of imidazole rings is 1. The number of pyridine rings is 1. The molecule has 1 aliphatic heterocycles. The minimum Gasteiger partial charge on any atom is -0.382 e. The van der Waals surface area contributed by atoms with Crippen LogP contribution in [0.15, 0.2) is 24.5 Å². The highest BCUT2D eigenvalue weighted by Crippen LogP contribution is 2.36. The van der Waals surface area contributed by atoms with Crippen LogP contribution >= 0.6 is 23.2 Å². The lowest BCUT2D eigenvalue weighted by Crippen LogP contribution is -2.29. The first-order valence-corrected chi connectivity index (χ1v) is 9.08. The lowest BCUT2D eigenvalue weighted by atomic mass is 10.0. The molecule has 0 radical (unpaired) electrons. The van der Waals surface area contributed by atoms with Crippen molar-refractivity contribution in [2.75, 3.05) is 18.8 Å². The van der Waals surface area contributed by atoms with Crippen molar-refractivity contribution in [3.8, 4) is 11.3 Å². The molecule has 2 N–H and O–H groups in total. The summed E-state index contributed by atoms with van der Waals surface area (Å²) in [6.45, 7) is 1.46. The van der Waals surface area contributed by atoms with Crippen molar-refractivity contribution in [2.24, 2.45) is 7.05 Å². The van der Waals surface area contributed by atoms with Crippen LogP contribution in [-0.4, -0.2) is 38.4 Å². The number of likely N-dealkylation sites (tertiary alicyclic amines) is 1. The highest BCUT2D eigenvalue weighted by molar-refractivity contribution is 6.36. The molecule has 0 atom stereocenters. The second-order valence-corrected chi connectivity index (χ2v) is 7.24. The molecule has 3 aromatic rings. The fourth-order valence-corrected chi connectivity index (χ4v) is 3.91. The smallest absolute Gasteiger partial charge is 0.258 e. The summed E-state index contributed by atoms with van der Waals surface area (Å²) in [5.74, 6) is 0.184. The normalized spacial score (nSPS) is 14.3. The number of carbonyl (C=O) groups is 1. The lowest BCUT2D eigenvalue weighted by molar-refractivity contribution is 0.0795. The molecule has 0 saturated carbocycles. The zero-order valence-corrected chi connectivity index (χ0v) is 15.7. The van der Waals surface area contributed by atoms with E-state index >= 15 is 0 Å². The Bertz CT molecular complexity index is 1020. The van der Waals surface area contributed by atoms with Crippen LogP contribution in [-0.2, 0) is 7.05 Å². The number of nitrogens with two attached hydrogens (primary N) is 1. The van der Waals surface area contributed by atoms with Gasteiger partial charge in [-0.05, 0) is 31.0 Å². The van der Waals surface area contributed by atoms with Crippen molar-refractivity contribution < 1.29 is 4.79 Å². The van der Waals surface area contributed by atoms with Gasteiger partial charge in [-0.1, -0.05) is 23.2 Å². The van der Waals surface area contributed by atoms with Gasteiger partial charge in [0.05, 0.1) is 28.1 Å². The van der Waals surface area contributed by atoms with Gasteiger partial charge in [0.25, 0.3) is 5.91 Å². The van der Waals surface area contributed by atoms with Crippen LogP contribution in [0.5, 0.6) is 0 Å². The SMILES string of the molecule is Cn1cnc2c(N)nc(-c3ccc(Cl)cc3Cl)c(C(=O)N3CCCC3)c21. The molecular weight excluding hydrogens is 373 g/mol. The largest absolute Gasteiger partial charge is 0.382 e. The van der Waals surface area contributed by atoms with Crippen LogP contribution in [0.2, 0.25) is 10.0 Å². The van der Waals surface area contributed by atoms with Gasteiger partial charge in [-0.25, -0.2) is 9.97 Å². The fourth-order valence-electron chi connectivity index (χ4n) is 3.41. The number of fused-ring (bicyclic) bond motifs is 1. The first-order valence-electron chi connectivity index (χ1n) is 8.32. The molecule has 2 aromatic heterocycles. The molecule has 1 aliphatic rings. The molecule has 1 aromatic carbocycles. The van der Waals surface area contributed by atoms with Crippen molar-refractivity contribution in [3.05, 3.63) is 40.1 Å². The van der Waals surface area contributed by atoms with E-state index in [1.165, 1.54) is 0 Å². The van der Waals surface area contributed by atoms with Crippen LogP contribution in [0.25, 0.3) is 22.3 Å². The van der Waals surface area contributed by atoms with Crippen molar-refractivity contribution in [1.29, 1.82) is 0 Å². The third-order valence-corrected chi connectivity index (χ3v) is 5.23. The summed E-state index contributed by atoms with van der Waals surface area (Å²) in [5.41, 5.74) is 8.86. The second-order valence-electron chi connectivity index (χ2n) is 6.40. The Morgan fingerprint density at radius 2 is 1.96 bits per heavy atom. The van der Waals surface area contributed by atoms with Gasteiger partial charge in [-0.3, -0.25) is 4.79 Å². The van der Waals surface area contributed by atoms with E-state index in [0.29, 0.717) is 37.9 Å². The van der Waals surface area contributed by atoms with Crippen molar-refractivity contribution in [3.63, 3.8) is 0 Å².